The summed E-state index contributed by atoms with van der Waals surface area (Å²) in [7, 11) is 1.97. The molecule has 1 aliphatic rings. The Balaban J connectivity index is 1.55. The number of carbonyl (C=O) groups excluding carboxylic acids is 1. The largest absolute Gasteiger partial charge is 0.466 e. The zero-order valence-electron chi connectivity index (χ0n) is 17.9. The molecule has 3 heterocycles. The van der Waals surface area contributed by atoms with Crippen molar-refractivity contribution in [1.82, 2.24) is 19.6 Å². The van der Waals surface area contributed by atoms with Gasteiger partial charge >= 0.3 is 5.97 Å². The first-order chi connectivity index (χ1) is 15.0. The zero-order valence-corrected chi connectivity index (χ0v) is 17.9. The number of nitrogens with zero attached hydrogens (tertiary/aromatic N) is 4. The van der Waals surface area contributed by atoms with Gasteiger partial charge in [0.15, 0.2) is 0 Å². The fourth-order valence-corrected chi connectivity index (χ4v) is 4.28. The average molecular weight is 426 g/mol. The number of piperidine rings is 1. The molecule has 4 rings (SSSR count). The molecule has 7 nitrogen and oxygen atoms in total. The van der Waals surface area contributed by atoms with Gasteiger partial charge in [-0.15, -0.1) is 0 Å². The van der Waals surface area contributed by atoms with Crippen LogP contribution in [0.4, 0.5) is 4.39 Å². The van der Waals surface area contributed by atoms with Crippen LogP contribution in [-0.4, -0.2) is 45.3 Å². The fourth-order valence-electron chi connectivity index (χ4n) is 4.28. The van der Waals surface area contributed by atoms with Crippen LogP contribution in [0.5, 0.6) is 0 Å². The van der Waals surface area contributed by atoms with Crippen LogP contribution in [-0.2, 0) is 29.5 Å². The normalized spacial score (nSPS) is 19.5. The Morgan fingerprint density at radius 3 is 2.84 bits per heavy atom. The summed E-state index contributed by atoms with van der Waals surface area (Å²) in [5, 5.41) is 4.13. The Hall–Kier alpha value is -3.00. The highest BCUT2D eigenvalue weighted by Gasteiger charge is 2.44. The number of aromatic nitrogens is 3. The molecule has 0 saturated carbocycles. The Kier molecular flexibility index (Phi) is 6.18. The predicted molar refractivity (Wildman–Crippen MR) is 112 cm³/mol. The third-order valence-corrected chi connectivity index (χ3v) is 5.88. The van der Waals surface area contributed by atoms with Crippen molar-refractivity contribution in [3.63, 3.8) is 0 Å². The summed E-state index contributed by atoms with van der Waals surface area (Å²) in [6, 6.07) is 7.93. The van der Waals surface area contributed by atoms with Gasteiger partial charge in [-0.05, 0) is 50.6 Å². The predicted octanol–water partition coefficient (Wildman–Crippen LogP) is 3.60. The Labute approximate surface area is 180 Å². The standard InChI is InChI=1S/C23H27FN4O3/c1-3-30-22(29)23(9-4-10-28(15-23)14-19-13-25-16-27(19)2)12-20-11-21(26-31-20)17-5-7-18(24)8-6-17/h5-8,11,13,16H,3-4,9-10,12,14-15H2,1-2H3/t23-/m1/s1. The third-order valence-electron chi connectivity index (χ3n) is 5.88. The molecular weight excluding hydrogens is 399 g/mol. The smallest absolute Gasteiger partial charge is 0.313 e. The number of hydrogen-bond acceptors (Lipinski definition) is 6. The van der Waals surface area contributed by atoms with Gasteiger partial charge in [-0.2, -0.15) is 0 Å². The van der Waals surface area contributed by atoms with E-state index in [1.165, 1.54) is 12.1 Å². The molecule has 3 aromatic rings. The van der Waals surface area contributed by atoms with Crippen molar-refractivity contribution < 1.29 is 18.4 Å². The first-order valence-corrected chi connectivity index (χ1v) is 10.6. The molecule has 0 radical (unpaired) electrons. The molecule has 1 saturated heterocycles. The molecule has 0 bridgehead atoms. The van der Waals surface area contributed by atoms with Crippen LogP contribution in [0.15, 0.2) is 47.4 Å². The molecule has 0 N–H and O–H groups in total. The van der Waals surface area contributed by atoms with Gasteiger partial charge in [0.05, 0.1) is 24.0 Å². The highest BCUT2D eigenvalue weighted by atomic mass is 19.1. The minimum atomic E-state index is -0.702. The number of esters is 1. The molecule has 0 aliphatic carbocycles. The lowest BCUT2D eigenvalue weighted by molar-refractivity contribution is -0.159. The third kappa shape index (κ3) is 4.69. The van der Waals surface area contributed by atoms with Crippen molar-refractivity contribution in [3.8, 4) is 11.3 Å². The molecule has 1 aliphatic heterocycles. The summed E-state index contributed by atoms with van der Waals surface area (Å²) < 4.78 is 26.3. The molecule has 31 heavy (non-hydrogen) atoms. The lowest BCUT2D eigenvalue weighted by Gasteiger charge is -2.40. The monoisotopic (exact) mass is 426 g/mol. The molecule has 164 valence electrons. The molecular formula is C23H27FN4O3. The van der Waals surface area contributed by atoms with Gasteiger partial charge in [-0.25, -0.2) is 9.37 Å². The Morgan fingerprint density at radius 1 is 1.32 bits per heavy atom. The number of halogens is 1. The van der Waals surface area contributed by atoms with Crippen LogP contribution in [0.3, 0.4) is 0 Å². The van der Waals surface area contributed by atoms with E-state index < -0.39 is 5.41 Å². The van der Waals surface area contributed by atoms with E-state index in [1.54, 1.807) is 18.5 Å². The van der Waals surface area contributed by atoms with Crippen LogP contribution < -0.4 is 0 Å². The second kappa shape index (κ2) is 9.01. The van der Waals surface area contributed by atoms with E-state index in [0.29, 0.717) is 31.0 Å². The van der Waals surface area contributed by atoms with Crippen LogP contribution in [0.2, 0.25) is 0 Å². The number of hydrogen-bond donors (Lipinski definition) is 0. The fraction of sp³-hybridized carbons (Fsp3) is 0.435. The van der Waals surface area contributed by atoms with Crippen molar-refractivity contribution in [2.75, 3.05) is 19.7 Å². The second-order valence-electron chi connectivity index (χ2n) is 8.17. The van der Waals surface area contributed by atoms with E-state index >= 15 is 0 Å². The Morgan fingerprint density at radius 2 is 2.13 bits per heavy atom. The number of ether oxygens (including phenoxy) is 1. The van der Waals surface area contributed by atoms with Gasteiger partial charge in [0.25, 0.3) is 0 Å². The maximum atomic E-state index is 13.2. The quantitative estimate of drug-likeness (QED) is 0.538. The first kappa shape index (κ1) is 21.2. The minimum Gasteiger partial charge on any atom is -0.466 e. The van der Waals surface area contributed by atoms with E-state index in [-0.39, 0.29) is 11.8 Å². The van der Waals surface area contributed by atoms with Crippen LogP contribution in [0, 0.1) is 11.2 Å². The van der Waals surface area contributed by atoms with Crippen LogP contribution in [0.25, 0.3) is 11.3 Å². The van der Waals surface area contributed by atoms with Gasteiger partial charge in [-0.3, -0.25) is 9.69 Å². The van der Waals surface area contributed by atoms with Gasteiger partial charge in [-0.1, -0.05) is 5.16 Å². The molecule has 1 fully saturated rings. The van der Waals surface area contributed by atoms with Gasteiger partial charge in [0, 0.05) is 44.4 Å². The molecule has 1 atom stereocenters. The minimum absolute atomic E-state index is 0.204. The highest BCUT2D eigenvalue weighted by molar-refractivity contribution is 5.77. The molecule has 0 unspecified atom stereocenters. The number of likely N-dealkylation sites (tertiary alicyclic amines) is 1. The van der Waals surface area contributed by atoms with E-state index in [0.717, 1.165) is 37.2 Å². The number of carbonyl (C=O) groups is 1. The Bertz CT molecular complexity index is 1030. The number of benzene rings is 1. The van der Waals surface area contributed by atoms with Crippen LogP contribution in [0.1, 0.15) is 31.2 Å². The molecule has 0 amide bonds. The summed E-state index contributed by atoms with van der Waals surface area (Å²) in [6.07, 6.45) is 5.65. The lowest BCUT2D eigenvalue weighted by Crippen LogP contribution is -2.49. The SMILES string of the molecule is CCOC(=O)[C@@]1(Cc2cc(-c3ccc(F)cc3)no2)CCCN(Cc2cncn2C)C1. The summed E-state index contributed by atoms with van der Waals surface area (Å²) in [4.78, 5) is 19.5. The molecule has 8 heteroatoms. The van der Waals surface area contributed by atoms with Gasteiger partial charge in [0.2, 0.25) is 0 Å². The maximum absolute atomic E-state index is 13.2. The van der Waals surface area contributed by atoms with Crippen LogP contribution >= 0.6 is 0 Å². The van der Waals surface area contributed by atoms with Crippen molar-refractivity contribution in [3.05, 3.63) is 60.1 Å². The first-order valence-electron chi connectivity index (χ1n) is 10.6. The van der Waals surface area contributed by atoms with Crippen molar-refractivity contribution >= 4 is 5.97 Å². The number of rotatable bonds is 7. The topological polar surface area (TPSA) is 73.4 Å². The van der Waals surface area contributed by atoms with Gasteiger partial charge < -0.3 is 13.8 Å². The average Bonchev–Trinajstić information content (AvgIpc) is 3.38. The number of imidazole rings is 1. The molecule has 2 aromatic heterocycles. The van der Waals surface area contributed by atoms with E-state index in [9.17, 15) is 9.18 Å². The van der Waals surface area contributed by atoms with Crippen molar-refractivity contribution in [2.45, 2.75) is 32.7 Å². The highest BCUT2D eigenvalue weighted by Crippen LogP contribution is 2.36. The zero-order chi connectivity index (χ0) is 21.8. The maximum Gasteiger partial charge on any atom is 0.313 e. The summed E-state index contributed by atoms with van der Waals surface area (Å²) >= 11 is 0. The molecule has 0 spiro atoms. The van der Waals surface area contributed by atoms with E-state index in [2.05, 4.69) is 15.0 Å². The summed E-state index contributed by atoms with van der Waals surface area (Å²) in [5.74, 6) is 0.114. The van der Waals surface area contributed by atoms with E-state index in [4.69, 9.17) is 9.26 Å². The van der Waals surface area contributed by atoms with Crippen molar-refractivity contribution in [2.24, 2.45) is 12.5 Å². The summed E-state index contributed by atoms with van der Waals surface area (Å²) in [5.41, 5.74) is 1.78. The van der Waals surface area contributed by atoms with E-state index in [1.807, 2.05) is 30.8 Å². The van der Waals surface area contributed by atoms with Gasteiger partial charge in [0.1, 0.15) is 17.3 Å². The molecule has 1 aromatic carbocycles. The second-order valence-corrected chi connectivity index (χ2v) is 8.17. The lowest BCUT2D eigenvalue weighted by atomic mass is 9.76. The summed E-state index contributed by atoms with van der Waals surface area (Å²) in [6.45, 7) is 4.35. The number of aryl methyl sites for hydroxylation is 1. The van der Waals surface area contributed by atoms with Crippen molar-refractivity contribution in [1.29, 1.82) is 0 Å².